The minimum atomic E-state index is -0.358. The minimum Gasteiger partial charge on any atom is -0.295 e. The number of hydrogen-bond acceptors (Lipinski definition) is 2. The zero-order chi connectivity index (χ0) is 12.4. The van der Waals surface area contributed by atoms with Crippen molar-refractivity contribution in [3.05, 3.63) is 35.9 Å². The molecule has 1 atom stereocenters. The van der Waals surface area contributed by atoms with Crippen LogP contribution in [0.2, 0.25) is 0 Å². The second-order valence-corrected chi connectivity index (χ2v) is 5.59. The number of nitrogens with one attached hydrogen (secondary N) is 1. The lowest BCUT2D eigenvalue weighted by Crippen LogP contribution is -2.51. The van der Waals surface area contributed by atoms with Crippen LogP contribution in [0.1, 0.15) is 38.7 Å². The summed E-state index contributed by atoms with van der Waals surface area (Å²) >= 11 is 0. The van der Waals surface area contributed by atoms with E-state index in [1.807, 2.05) is 18.2 Å². The van der Waals surface area contributed by atoms with E-state index in [0.29, 0.717) is 0 Å². The van der Waals surface area contributed by atoms with Gasteiger partial charge in [-0.15, -0.1) is 0 Å². The fourth-order valence-electron chi connectivity index (χ4n) is 2.77. The molecular weight excluding hydrogens is 208 g/mol. The predicted octanol–water partition coefficient (Wildman–Crippen LogP) is 3.25. The van der Waals surface area contributed by atoms with Crippen molar-refractivity contribution in [2.75, 3.05) is 0 Å². The van der Waals surface area contributed by atoms with Gasteiger partial charge in [-0.25, -0.2) is 0 Å². The first-order valence-corrected chi connectivity index (χ1v) is 6.30. The van der Waals surface area contributed by atoms with E-state index in [1.54, 1.807) is 0 Å². The zero-order valence-corrected chi connectivity index (χ0v) is 10.7. The Hall–Kier alpha value is -1.33. The van der Waals surface area contributed by atoms with Crippen molar-refractivity contribution in [2.45, 2.75) is 45.2 Å². The first-order chi connectivity index (χ1) is 8.10. The molecule has 2 nitrogen and oxygen atoms in total. The summed E-state index contributed by atoms with van der Waals surface area (Å²) in [4.78, 5) is 0. The van der Waals surface area contributed by atoms with Gasteiger partial charge in [0.25, 0.3) is 0 Å². The molecule has 0 aromatic heterocycles. The Balaban J connectivity index is 2.09. The van der Waals surface area contributed by atoms with Crippen LogP contribution in [0, 0.1) is 16.7 Å². The highest BCUT2D eigenvalue weighted by Gasteiger charge is 2.48. The monoisotopic (exact) mass is 228 g/mol. The number of rotatable bonds is 3. The van der Waals surface area contributed by atoms with Crippen molar-refractivity contribution in [1.82, 2.24) is 5.32 Å². The molecule has 1 unspecified atom stereocenters. The lowest BCUT2D eigenvalue weighted by atomic mass is 9.76. The molecule has 0 heterocycles. The van der Waals surface area contributed by atoms with Crippen LogP contribution in [0.4, 0.5) is 0 Å². The van der Waals surface area contributed by atoms with Gasteiger partial charge >= 0.3 is 0 Å². The van der Waals surface area contributed by atoms with Crippen molar-refractivity contribution in [3.8, 4) is 6.07 Å². The molecule has 1 aromatic carbocycles. The lowest BCUT2D eigenvalue weighted by Gasteiger charge is -2.36. The Labute approximate surface area is 104 Å². The van der Waals surface area contributed by atoms with E-state index in [0.717, 1.165) is 25.8 Å². The fraction of sp³-hybridized carbons (Fsp3) is 0.533. The topological polar surface area (TPSA) is 35.8 Å². The van der Waals surface area contributed by atoms with E-state index in [1.165, 1.54) is 5.56 Å². The van der Waals surface area contributed by atoms with Gasteiger partial charge in [0.2, 0.25) is 0 Å². The number of benzene rings is 1. The lowest BCUT2D eigenvalue weighted by molar-refractivity contribution is 0.214. The number of nitrogens with zero attached hydrogens (tertiary/aromatic N) is 1. The Morgan fingerprint density at radius 3 is 2.47 bits per heavy atom. The normalized spacial score (nSPS) is 26.6. The summed E-state index contributed by atoms with van der Waals surface area (Å²) < 4.78 is 0. The third-order valence-corrected chi connectivity index (χ3v) is 4.14. The third-order valence-electron chi connectivity index (χ3n) is 4.14. The predicted molar refractivity (Wildman–Crippen MR) is 69.3 cm³/mol. The van der Waals surface area contributed by atoms with Crippen molar-refractivity contribution >= 4 is 0 Å². The molecule has 0 spiro atoms. The Bertz CT molecular complexity index is 416. The van der Waals surface area contributed by atoms with E-state index in [2.05, 4.69) is 37.4 Å². The Kier molecular flexibility index (Phi) is 3.22. The van der Waals surface area contributed by atoms with Crippen LogP contribution < -0.4 is 5.32 Å². The third kappa shape index (κ3) is 2.21. The van der Waals surface area contributed by atoms with Gasteiger partial charge in [0.15, 0.2) is 0 Å². The fourth-order valence-corrected chi connectivity index (χ4v) is 2.77. The summed E-state index contributed by atoms with van der Waals surface area (Å²) in [5.41, 5.74) is 0.948. The zero-order valence-electron chi connectivity index (χ0n) is 10.7. The van der Waals surface area contributed by atoms with E-state index in [9.17, 15) is 5.26 Å². The van der Waals surface area contributed by atoms with Crippen LogP contribution >= 0.6 is 0 Å². The molecule has 0 aliphatic heterocycles. The highest BCUT2D eigenvalue weighted by molar-refractivity contribution is 5.21. The molecule has 1 aromatic rings. The molecule has 2 heteroatoms. The average molecular weight is 228 g/mol. The molecular formula is C15H20N2. The summed E-state index contributed by atoms with van der Waals surface area (Å²) in [6.07, 6.45) is 3.23. The summed E-state index contributed by atoms with van der Waals surface area (Å²) in [6.45, 7) is 5.17. The van der Waals surface area contributed by atoms with Crippen LogP contribution in [-0.2, 0) is 6.54 Å². The van der Waals surface area contributed by atoms with Crippen molar-refractivity contribution < 1.29 is 0 Å². The molecule has 0 amide bonds. The molecule has 1 saturated carbocycles. The first kappa shape index (κ1) is 12.1. The van der Waals surface area contributed by atoms with Crippen molar-refractivity contribution in [2.24, 2.45) is 5.41 Å². The molecule has 0 radical (unpaired) electrons. The van der Waals surface area contributed by atoms with Gasteiger partial charge in [-0.1, -0.05) is 44.2 Å². The van der Waals surface area contributed by atoms with Gasteiger partial charge in [0.05, 0.1) is 6.07 Å². The summed E-state index contributed by atoms with van der Waals surface area (Å²) in [7, 11) is 0. The van der Waals surface area contributed by atoms with Gasteiger partial charge in [0.1, 0.15) is 5.54 Å². The quantitative estimate of drug-likeness (QED) is 0.862. The Morgan fingerprint density at radius 1 is 1.24 bits per heavy atom. The second-order valence-electron chi connectivity index (χ2n) is 5.59. The standard InChI is InChI=1S/C15H20N2/c1-14(2)9-6-10-15(14,12-16)17-11-13-7-4-3-5-8-13/h3-5,7-8,17H,6,9-11H2,1-2H3. The van der Waals surface area contributed by atoms with Gasteiger partial charge in [-0.3, -0.25) is 5.32 Å². The molecule has 2 rings (SSSR count). The largest absolute Gasteiger partial charge is 0.295 e. The first-order valence-electron chi connectivity index (χ1n) is 6.30. The van der Waals surface area contributed by atoms with E-state index in [-0.39, 0.29) is 11.0 Å². The van der Waals surface area contributed by atoms with E-state index in [4.69, 9.17) is 0 Å². The maximum absolute atomic E-state index is 9.52. The van der Waals surface area contributed by atoms with Gasteiger partial charge in [-0.2, -0.15) is 5.26 Å². The van der Waals surface area contributed by atoms with Crippen LogP contribution in [0.25, 0.3) is 0 Å². The molecule has 1 aliphatic rings. The van der Waals surface area contributed by atoms with Gasteiger partial charge < -0.3 is 0 Å². The summed E-state index contributed by atoms with van der Waals surface area (Å²) in [6, 6.07) is 12.8. The summed E-state index contributed by atoms with van der Waals surface area (Å²) in [5, 5.41) is 13.0. The minimum absolute atomic E-state index is 0.0660. The average Bonchev–Trinajstić information content (AvgIpc) is 2.64. The van der Waals surface area contributed by atoms with Crippen LogP contribution in [0.15, 0.2) is 30.3 Å². The van der Waals surface area contributed by atoms with Crippen molar-refractivity contribution in [3.63, 3.8) is 0 Å². The molecule has 1 N–H and O–H groups in total. The maximum Gasteiger partial charge on any atom is 0.112 e. The van der Waals surface area contributed by atoms with Crippen LogP contribution in [-0.4, -0.2) is 5.54 Å². The Morgan fingerprint density at radius 2 is 1.94 bits per heavy atom. The number of hydrogen-bond donors (Lipinski definition) is 1. The highest BCUT2D eigenvalue weighted by Crippen LogP contribution is 2.45. The molecule has 0 bridgehead atoms. The smallest absolute Gasteiger partial charge is 0.112 e. The van der Waals surface area contributed by atoms with E-state index >= 15 is 0 Å². The SMILES string of the molecule is CC1(C)CCCC1(C#N)NCc1ccccc1. The molecule has 17 heavy (non-hydrogen) atoms. The highest BCUT2D eigenvalue weighted by atomic mass is 15.0. The molecule has 1 aliphatic carbocycles. The summed E-state index contributed by atoms with van der Waals surface area (Å²) in [5.74, 6) is 0. The maximum atomic E-state index is 9.52. The van der Waals surface area contributed by atoms with E-state index < -0.39 is 0 Å². The molecule has 90 valence electrons. The molecule has 0 saturated heterocycles. The van der Waals surface area contributed by atoms with Gasteiger partial charge in [-0.05, 0) is 30.2 Å². The number of nitriles is 1. The van der Waals surface area contributed by atoms with Gasteiger partial charge in [0, 0.05) is 6.54 Å². The molecule has 1 fully saturated rings. The van der Waals surface area contributed by atoms with Crippen molar-refractivity contribution in [1.29, 1.82) is 5.26 Å². The van der Waals surface area contributed by atoms with Crippen LogP contribution in [0.3, 0.4) is 0 Å². The second kappa shape index (κ2) is 4.50. The van der Waals surface area contributed by atoms with Crippen LogP contribution in [0.5, 0.6) is 0 Å².